The minimum absolute atomic E-state index is 0.570. The molecule has 0 amide bonds. The van der Waals surface area contributed by atoms with Crippen molar-refractivity contribution < 1.29 is 8.83 Å². The van der Waals surface area contributed by atoms with Gasteiger partial charge in [-0.05, 0) is 96.7 Å². The highest BCUT2D eigenvalue weighted by atomic mass is 16.4. The summed E-state index contributed by atoms with van der Waals surface area (Å²) in [6, 6.07) is 67.1. The molecule has 6 nitrogen and oxygen atoms in total. The Morgan fingerprint density at radius 3 is 1.50 bits per heavy atom. The minimum Gasteiger partial charge on any atom is -0.456 e. The first-order valence-electron chi connectivity index (χ1n) is 20.7. The lowest BCUT2D eigenvalue weighted by Crippen LogP contribution is -2.01. The van der Waals surface area contributed by atoms with Gasteiger partial charge >= 0.3 is 0 Å². The van der Waals surface area contributed by atoms with E-state index in [0.717, 1.165) is 77.0 Å². The second-order valence-corrected chi connectivity index (χ2v) is 15.7. The van der Waals surface area contributed by atoms with Gasteiger partial charge in [-0.25, -0.2) is 19.9 Å². The number of benzene rings is 10. The van der Waals surface area contributed by atoms with Crippen LogP contribution in [-0.4, -0.2) is 19.9 Å². The largest absolute Gasteiger partial charge is 0.456 e. The molecule has 0 bridgehead atoms. The molecule has 0 atom stereocenters. The first kappa shape index (κ1) is 34.4. The fourth-order valence-corrected chi connectivity index (χ4v) is 9.24. The molecule has 0 unspecified atom stereocenters. The van der Waals surface area contributed by atoms with Crippen molar-refractivity contribution in [3.05, 3.63) is 194 Å². The number of furan rings is 1. The van der Waals surface area contributed by atoms with Crippen LogP contribution >= 0.6 is 0 Å². The van der Waals surface area contributed by atoms with E-state index in [1.54, 1.807) is 0 Å². The average Bonchev–Trinajstić information content (AvgIpc) is 3.97. The molecule has 0 aliphatic heterocycles. The molecule has 0 radical (unpaired) electrons. The van der Waals surface area contributed by atoms with Gasteiger partial charge in [0, 0.05) is 27.6 Å². The van der Waals surface area contributed by atoms with Gasteiger partial charge in [-0.2, -0.15) is 0 Å². The highest BCUT2D eigenvalue weighted by Crippen LogP contribution is 2.42. The molecule has 288 valence electrons. The number of fused-ring (bicyclic) bond motifs is 13. The summed E-state index contributed by atoms with van der Waals surface area (Å²) in [5, 5.41) is 11.1. The van der Waals surface area contributed by atoms with E-state index in [1.807, 2.05) is 54.6 Å². The Balaban J connectivity index is 1.03. The molecule has 6 heteroatoms. The number of hydrogen-bond acceptors (Lipinski definition) is 6. The van der Waals surface area contributed by atoms with Crippen molar-refractivity contribution in [2.45, 2.75) is 0 Å². The van der Waals surface area contributed by atoms with Crippen LogP contribution in [0, 0.1) is 0 Å². The number of rotatable bonds is 5. The van der Waals surface area contributed by atoms with Crippen LogP contribution in [0.15, 0.2) is 203 Å². The maximum atomic E-state index is 6.49. The van der Waals surface area contributed by atoms with Crippen molar-refractivity contribution in [1.29, 1.82) is 0 Å². The van der Waals surface area contributed by atoms with Crippen molar-refractivity contribution in [2.24, 2.45) is 0 Å². The fraction of sp³-hybridized carbons (Fsp3) is 0. The summed E-state index contributed by atoms with van der Waals surface area (Å²) in [6.07, 6.45) is 0. The molecule has 0 N–H and O–H groups in total. The lowest BCUT2D eigenvalue weighted by atomic mass is 9.93. The monoisotopic (exact) mass is 792 g/mol. The van der Waals surface area contributed by atoms with Crippen LogP contribution < -0.4 is 0 Å². The minimum atomic E-state index is 0.570. The van der Waals surface area contributed by atoms with Crippen molar-refractivity contribution >= 4 is 76.1 Å². The first-order chi connectivity index (χ1) is 30.7. The van der Waals surface area contributed by atoms with E-state index >= 15 is 0 Å². The van der Waals surface area contributed by atoms with Crippen LogP contribution in [0.4, 0.5) is 0 Å². The molecule has 3 aromatic heterocycles. The van der Waals surface area contributed by atoms with Gasteiger partial charge in [0.15, 0.2) is 23.1 Å². The van der Waals surface area contributed by atoms with Crippen molar-refractivity contribution in [3.8, 4) is 56.7 Å². The Bertz CT molecular complexity index is 3880. The smallest absolute Gasteiger partial charge is 0.227 e. The number of oxazole rings is 1. The zero-order valence-corrected chi connectivity index (χ0v) is 33.1. The third-order valence-electron chi connectivity index (χ3n) is 12.2. The van der Waals surface area contributed by atoms with Gasteiger partial charge in [-0.1, -0.05) is 152 Å². The molecule has 10 aromatic carbocycles. The molecule has 0 aliphatic rings. The van der Waals surface area contributed by atoms with Crippen LogP contribution in [0.2, 0.25) is 0 Å². The van der Waals surface area contributed by atoms with Crippen molar-refractivity contribution in [1.82, 2.24) is 19.9 Å². The predicted octanol–water partition coefficient (Wildman–Crippen LogP) is 14.9. The van der Waals surface area contributed by atoms with E-state index in [4.69, 9.17) is 28.8 Å². The number of aromatic nitrogens is 4. The van der Waals surface area contributed by atoms with Gasteiger partial charge in [0.2, 0.25) is 5.89 Å². The summed E-state index contributed by atoms with van der Waals surface area (Å²) in [6.45, 7) is 0. The topological polar surface area (TPSA) is 77.8 Å². The molecular formula is C56H32N4O2. The lowest BCUT2D eigenvalue weighted by Gasteiger charge is -2.13. The van der Waals surface area contributed by atoms with Crippen LogP contribution in [0.25, 0.3) is 133 Å². The fourth-order valence-electron chi connectivity index (χ4n) is 9.24. The molecule has 0 fully saturated rings. The van der Waals surface area contributed by atoms with Gasteiger partial charge in [0.25, 0.3) is 0 Å². The molecule has 0 aliphatic carbocycles. The Labute approximate surface area is 354 Å². The van der Waals surface area contributed by atoms with Crippen LogP contribution in [0.5, 0.6) is 0 Å². The van der Waals surface area contributed by atoms with E-state index in [1.165, 1.54) is 26.9 Å². The predicted molar refractivity (Wildman–Crippen MR) is 252 cm³/mol. The summed E-state index contributed by atoms with van der Waals surface area (Å²) < 4.78 is 12.8. The molecule has 0 saturated carbocycles. The zero-order valence-electron chi connectivity index (χ0n) is 33.1. The van der Waals surface area contributed by atoms with Gasteiger partial charge in [-0.15, -0.1) is 0 Å². The SMILES string of the molecule is c1ccc(-c2ccc(-c3nc(-c4ccc5c6ccccc6c6ccccc6c5c4)nc(-c4cccc5c4ccc4oc6ccc7oc(-c8ccccc8)nc7c6c45)n3)cc2)cc1. The van der Waals surface area contributed by atoms with Crippen molar-refractivity contribution in [3.63, 3.8) is 0 Å². The Morgan fingerprint density at radius 1 is 0.274 bits per heavy atom. The summed E-state index contributed by atoms with van der Waals surface area (Å²) in [7, 11) is 0. The maximum Gasteiger partial charge on any atom is 0.227 e. The molecule has 13 aromatic rings. The van der Waals surface area contributed by atoms with Crippen molar-refractivity contribution in [2.75, 3.05) is 0 Å². The standard InChI is InChI=1S/C56H32N4O2/c1-3-12-33(13-4-1)34-22-24-35(25-23-34)53-58-54(37-26-27-42-40-18-8-7-16-38(40)39-17-9-10-19-41(39)46(42)32-37)60-55(59-53)45-21-11-20-44-43(45)28-29-47-50(44)51-48(61-47)30-31-49-52(51)57-56(62-49)36-14-5-2-6-15-36/h1-32H. The second kappa shape index (κ2) is 13.5. The quantitative estimate of drug-likeness (QED) is 0.162. The molecule has 62 heavy (non-hydrogen) atoms. The zero-order chi connectivity index (χ0) is 40.7. The number of nitrogens with zero attached hydrogens (tertiary/aromatic N) is 4. The van der Waals surface area contributed by atoms with E-state index in [9.17, 15) is 0 Å². The summed E-state index contributed by atoms with van der Waals surface area (Å²) in [4.78, 5) is 20.8. The lowest BCUT2D eigenvalue weighted by molar-refractivity contribution is 0.619. The Kier molecular flexibility index (Phi) is 7.50. The summed E-state index contributed by atoms with van der Waals surface area (Å²) in [5.41, 5.74) is 8.88. The van der Waals surface area contributed by atoms with Crippen LogP contribution in [0.3, 0.4) is 0 Å². The van der Waals surface area contributed by atoms with Gasteiger partial charge in [0.1, 0.15) is 16.7 Å². The first-order valence-corrected chi connectivity index (χ1v) is 20.7. The molecule has 13 rings (SSSR count). The van der Waals surface area contributed by atoms with Gasteiger partial charge < -0.3 is 8.83 Å². The maximum absolute atomic E-state index is 6.49. The van der Waals surface area contributed by atoms with Gasteiger partial charge in [-0.3, -0.25) is 0 Å². The van der Waals surface area contributed by atoms with E-state index in [2.05, 4.69) is 140 Å². The third kappa shape index (κ3) is 5.37. The Morgan fingerprint density at radius 2 is 0.774 bits per heavy atom. The van der Waals surface area contributed by atoms with E-state index in [0.29, 0.717) is 28.9 Å². The molecule has 0 spiro atoms. The van der Waals surface area contributed by atoms with Crippen LogP contribution in [-0.2, 0) is 0 Å². The molecule has 0 saturated heterocycles. The van der Waals surface area contributed by atoms with E-state index < -0.39 is 0 Å². The molecular weight excluding hydrogens is 761 g/mol. The summed E-state index contributed by atoms with van der Waals surface area (Å²) in [5.74, 6) is 2.34. The van der Waals surface area contributed by atoms with Crippen LogP contribution in [0.1, 0.15) is 0 Å². The highest BCUT2D eigenvalue weighted by Gasteiger charge is 2.21. The highest BCUT2D eigenvalue weighted by molar-refractivity contribution is 6.27. The normalized spacial score (nSPS) is 11.9. The van der Waals surface area contributed by atoms with E-state index in [-0.39, 0.29) is 0 Å². The Hall–Kier alpha value is -8.48. The average molecular weight is 793 g/mol. The molecule has 3 heterocycles. The second-order valence-electron chi connectivity index (χ2n) is 15.7. The summed E-state index contributed by atoms with van der Waals surface area (Å²) >= 11 is 0. The van der Waals surface area contributed by atoms with Gasteiger partial charge in [0.05, 0.1) is 5.39 Å². The third-order valence-corrected chi connectivity index (χ3v) is 12.2. The number of hydrogen-bond donors (Lipinski definition) is 0.